The molecule has 0 radical (unpaired) electrons. The number of rotatable bonds is 3. The summed E-state index contributed by atoms with van der Waals surface area (Å²) in [5.41, 5.74) is 2.30. The Bertz CT molecular complexity index is 496. The van der Waals surface area contributed by atoms with Crippen LogP contribution in [-0.2, 0) is 6.54 Å². The summed E-state index contributed by atoms with van der Waals surface area (Å²) in [6, 6.07) is 7.95. The minimum absolute atomic E-state index is 0.778. The lowest BCUT2D eigenvalue weighted by Crippen LogP contribution is -1.99. The highest BCUT2D eigenvalue weighted by Gasteiger charge is 2.02. The summed E-state index contributed by atoms with van der Waals surface area (Å²) in [7, 11) is 0. The second-order valence-electron chi connectivity index (χ2n) is 3.50. The van der Waals surface area contributed by atoms with Gasteiger partial charge in [-0.05, 0) is 58.1 Å². The highest BCUT2D eigenvalue weighted by atomic mass is 79.9. The van der Waals surface area contributed by atoms with Crippen LogP contribution in [0.1, 0.15) is 10.4 Å². The van der Waals surface area contributed by atoms with Crippen molar-refractivity contribution in [1.82, 2.24) is 0 Å². The van der Waals surface area contributed by atoms with E-state index in [0.29, 0.717) is 0 Å². The number of anilines is 1. The lowest BCUT2D eigenvalue weighted by molar-refractivity contribution is 1.17. The van der Waals surface area contributed by atoms with Crippen LogP contribution in [0.2, 0.25) is 5.02 Å². The average molecular weight is 317 g/mol. The summed E-state index contributed by atoms with van der Waals surface area (Å²) in [5.74, 6) is 0. The van der Waals surface area contributed by atoms with Crippen LogP contribution in [0.15, 0.2) is 34.1 Å². The van der Waals surface area contributed by atoms with Crippen molar-refractivity contribution < 1.29 is 0 Å². The quantitative estimate of drug-likeness (QED) is 0.832. The lowest BCUT2D eigenvalue weighted by Gasteiger charge is -2.09. The smallest absolute Gasteiger partial charge is 0.0505 e. The predicted octanol–water partition coefficient (Wildman–Crippen LogP) is 5.08. The maximum atomic E-state index is 5.91. The molecule has 2 rings (SSSR count). The maximum Gasteiger partial charge on any atom is 0.0505 e. The molecule has 2 aromatic rings. The molecule has 16 heavy (non-hydrogen) atoms. The van der Waals surface area contributed by atoms with E-state index in [4.69, 9.17) is 11.6 Å². The van der Waals surface area contributed by atoms with Crippen LogP contribution in [0.5, 0.6) is 0 Å². The van der Waals surface area contributed by atoms with Gasteiger partial charge in [0.15, 0.2) is 0 Å². The minimum Gasteiger partial charge on any atom is -0.380 e. The molecular formula is C12H11BrClNS. The van der Waals surface area contributed by atoms with E-state index in [1.54, 1.807) is 11.3 Å². The molecule has 84 valence electrons. The molecule has 0 fully saturated rings. The summed E-state index contributed by atoms with van der Waals surface area (Å²) in [6.07, 6.45) is 0. The van der Waals surface area contributed by atoms with E-state index in [1.807, 2.05) is 18.2 Å². The molecule has 0 spiro atoms. The summed E-state index contributed by atoms with van der Waals surface area (Å²) in [5, 5.41) is 6.26. The molecule has 0 saturated carbocycles. The minimum atomic E-state index is 0.778. The Balaban J connectivity index is 2.08. The molecule has 0 aliphatic heterocycles. The van der Waals surface area contributed by atoms with Crippen molar-refractivity contribution in [2.24, 2.45) is 0 Å². The topological polar surface area (TPSA) is 12.0 Å². The van der Waals surface area contributed by atoms with Gasteiger partial charge in [-0.25, -0.2) is 0 Å². The monoisotopic (exact) mass is 315 g/mol. The Morgan fingerprint density at radius 1 is 1.38 bits per heavy atom. The van der Waals surface area contributed by atoms with Crippen molar-refractivity contribution in [2.45, 2.75) is 13.5 Å². The van der Waals surface area contributed by atoms with E-state index < -0.39 is 0 Å². The SMILES string of the molecule is Cc1cc(Cl)ccc1NCc1sccc1Br. The van der Waals surface area contributed by atoms with Gasteiger partial charge in [-0.15, -0.1) is 11.3 Å². The van der Waals surface area contributed by atoms with Crippen LogP contribution in [-0.4, -0.2) is 0 Å². The molecule has 1 nitrogen and oxygen atoms in total. The van der Waals surface area contributed by atoms with E-state index in [2.05, 4.69) is 39.6 Å². The molecule has 1 heterocycles. The summed E-state index contributed by atoms with van der Waals surface area (Å²) >= 11 is 11.2. The number of halogens is 2. The third-order valence-corrected chi connectivity index (χ3v) is 4.48. The second kappa shape index (κ2) is 5.21. The van der Waals surface area contributed by atoms with Crippen LogP contribution < -0.4 is 5.32 Å². The first-order valence-corrected chi connectivity index (χ1v) is 6.94. The number of thiophene rings is 1. The number of aryl methyl sites for hydroxylation is 1. The molecule has 1 N–H and O–H groups in total. The first-order chi connectivity index (χ1) is 7.66. The maximum absolute atomic E-state index is 5.91. The van der Waals surface area contributed by atoms with E-state index in [-0.39, 0.29) is 0 Å². The lowest BCUT2D eigenvalue weighted by atomic mass is 10.2. The molecule has 1 aromatic heterocycles. The third-order valence-electron chi connectivity index (χ3n) is 2.32. The Morgan fingerprint density at radius 2 is 2.19 bits per heavy atom. The number of hydrogen-bond donors (Lipinski definition) is 1. The first-order valence-electron chi connectivity index (χ1n) is 4.88. The normalized spacial score (nSPS) is 10.4. The fourth-order valence-electron chi connectivity index (χ4n) is 1.45. The van der Waals surface area contributed by atoms with E-state index in [9.17, 15) is 0 Å². The van der Waals surface area contributed by atoms with Crippen LogP contribution in [0, 0.1) is 6.92 Å². The Labute approximate surface area is 113 Å². The van der Waals surface area contributed by atoms with Gasteiger partial charge in [0.05, 0.1) is 6.54 Å². The zero-order valence-electron chi connectivity index (χ0n) is 8.76. The number of hydrogen-bond acceptors (Lipinski definition) is 2. The second-order valence-corrected chi connectivity index (χ2v) is 5.80. The van der Waals surface area contributed by atoms with Crippen molar-refractivity contribution in [3.05, 3.63) is 49.6 Å². The molecule has 0 atom stereocenters. The zero-order chi connectivity index (χ0) is 11.5. The summed E-state index contributed by atoms with van der Waals surface area (Å²) in [4.78, 5) is 1.30. The predicted molar refractivity (Wildman–Crippen MR) is 75.5 cm³/mol. The van der Waals surface area contributed by atoms with Gasteiger partial charge in [0.25, 0.3) is 0 Å². The Hall–Kier alpha value is -0.510. The Kier molecular flexibility index (Phi) is 3.90. The molecular weight excluding hydrogens is 306 g/mol. The van der Waals surface area contributed by atoms with Crippen molar-refractivity contribution in [2.75, 3.05) is 5.32 Å². The van der Waals surface area contributed by atoms with Gasteiger partial charge in [-0.2, -0.15) is 0 Å². The van der Waals surface area contributed by atoms with Crippen LogP contribution in [0.3, 0.4) is 0 Å². The molecule has 0 aliphatic carbocycles. The third kappa shape index (κ3) is 2.78. The van der Waals surface area contributed by atoms with Crippen molar-refractivity contribution >= 4 is 44.6 Å². The van der Waals surface area contributed by atoms with Gasteiger partial charge >= 0.3 is 0 Å². The fraction of sp³-hybridized carbons (Fsp3) is 0.167. The van der Waals surface area contributed by atoms with Gasteiger partial charge in [-0.3, -0.25) is 0 Å². The highest BCUT2D eigenvalue weighted by Crippen LogP contribution is 2.25. The molecule has 0 bridgehead atoms. The van der Waals surface area contributed by atoms with Gasteiger partial charge in [0.1, 0.15) is 0 Å². The van der Waals surface area contributed by atoms with E-state index in [1.165, 1.54) is 10.4 Å². The molecule has 4 heteroatoms. The number of benzene rings is 1. The first kappa shape index (κ1) is 12.0. The molecule has 0 aliphatic rings. The van der Waals surface area contributed by atoms with Crippen molar-refractivity contribution in [1.29, 1.82) is 0 Å². The Morgan fingerprint density at radius 3 is 2.81 bits per heavy atom. The average Bonchev–Trinajstić information content (AvgIpc) is 2.63. The van der Waals surface area contributed by atoms with Crippen LogP contribution >= 0.6 is 38.9 Å². The molecule has 0 unspecified atom stereocenters. The van der Waals surface area contributed by atoms with Gasteiger partial charge in [0, 0.05) is 20.1 Å². The highest BCUT2D eigenvalue weighted by molar-refractivity contribution is 9.10. The van der Waals surface area contributed by atoms with Crippen LogP contribution in [0.4, 0.5) is 5.69 Å². The van der Waals surface area contributed by atoms with E-state index >= 15 is 0 Å². The summed E-state index contributed by atoms with van der Waals surface area (Å²) < 4.78 is 1.16. The van der Waals surface area contributed by atoms with Gasteiger partial charge in [-0.1, -0.05) is 11.6 Å². The van der Waals surface area contributed by atoms with Crippen molar-refractivity contribution in [3.8, 4) is 0 Å². The standard InChI is InChI=1S/C12H11BrClNS/c1-8-6-9(14)2-3-11(8)15-7-12-10(13)4-5-16-12/h2-6,15H,7H2,1H3. The molecule has 0 saturated heterocycles. The molecule has 1 aromatic carbocycles. The van der Waals surface area contributed by atoms with Crippen LogP contribution in [0.25, 0.3) is 0 Å². The fourth-order valence-corrected chi connectivity index (χ4v) is 3.11. The molecule has 0 amide bonds. The van der Waals surface area contributed by atoms with Gasteiger partial charge < -0.3 is 5.32 Å². The summed E-state index contributed by atoms with van der Waals surface area (Å²) in [6.45, 7) is 2.89. The van der Waals surface area contributed by atoms with E-state index in [0.717, 1.165) is 21.7 Å². The zero-order valence-corrected chi connectivity index (χ0v) is 11.9. The van der Waals surface area contributed by atoms with Gasteiger partial charge in [0.2, 0.25) is 0 Å². The van der Waals surface area contributed by atoms with Crippen molar-refractivity contribution in [3.63, 3.8) is 0 Å². The number of nitrogens with one attached hydrogen (secondary N) is 1. The largest absolute Gasteiger partial charge is 0.380 e.